The molecule has 0 fully saturated rings. The van der Waals surface area contributed by atoms with Gasteiger partial charge in [-0.15, -0.1) is 5.10 Å². The van der Waals surface area contributed by atoms with Gasteiger partial charge in [0.05, 0.1) is 0 Å². The van der Waals surface area contributed by atoms with Crippen molar-refractivity contribution < 1.29 is 9.90 Å². The standard InChI is InChI=1S/C12H9N5O2/c18-11(19)8-4-3-6-10-15-12(16-17(8)10)14-9-5-1-2-7-13-9/h1-7H,(H,18,19)(H,13,14,16). The van der Waals surface area contributed by atoms with Crippen molar-refractivity contribution in [3.05, 3.63) is 48.3 Å². The van der Waals surface area contributed by atoms with E-state index in [0.29, 0.717) is 17.4 Å². The van der Waals surface area contributed by atoms with Crippen LogP contribution in [0, 0.1) is 0 Å². The smallest absolute Gasteiger partial charge is 0.354 e. The van der Waals surface area contributed by atoms with Crippen LogP contribution in [0.4, 0.5) is 11.8 Å². The molecule has 7 nitrogen and oxygen atoms in total. The Kier molecular flexibility index (Phi) is 2.57. The minimum Gasteiger partial charge on any atom is -0.477 e. The second-order valence-corrected chi connectivity index (χ2v) is 3.76. The summed E-state index contributed by atoms with van der Waals surface area (Å²) < 4.78 is 1.27. The number of rotatable bonds is 3. The van der Waals surface area contributed by atoms with Crippen LogP contribution in [-0.2, 0) is 0 Å². The van der Waals surface area contributed by atoms with Gasteiger partial charge in [-0.25, -0.2) is 14.3 Å². The molecule has 94 valence electrons. The summed E-state index contributed by atoms with van der Waals surface area (Å²) in [6.45, 7) is 0. The molecule has 3 rings (SSSR count). The van der Waals surface area contributed by atoms with E-state index >= 15 is 0 Å². The van der Waals surface area contributed by atoms with Gasteiger partial charge in [0.2, 0.25) is 5.95 Å². The molecule has 7 heteroatoms. The predicted molar refractivity (Wildman–Crippen MR) is 67.5 cm³/mol. The Morgan fingerprint density at radius 1 is 1.21 bits per heavy atom. The second kappa shape index (κ2) is 4.37. The third-order valence-corrected chi connectivity index (χ3v) is 2.48. The van der Waals surface area contributed by atoms with Gasteiger partial charge < -0.3 is 10.4 Å². The van der Waals surface area contributed by atoms with Crippen molar-refractivity contribution >= 4 is 23.4 Å². The maximum absolute atomic E-state index is 11.1. The molecule has 0 amide bonds. The lowest BCUT2D eigenvalue weighted by Gasteiger charge is -1.98. The van der Waals surface area contributed by atoms with Gasteiger partial charge in [0.25, 0.3) is 0 Å². The van der Waals surface area contributed by atoms with Gasteiger partial charge in [-0.2, -0.15) is 4.98 Å². The van der Waals surface area contributed by atoms with E-state index in [4.69, 9.17) is 5.11 Å². The van der Waals surface area contributed by atoms with Gasteiger partial charge in [-0.3, -0.25) is 0 Å². The molecule has 0 saturated carbocycles. The van der Waals surface area contributed by atoms with Crippen LogP contribution < -0.4 is 5.32 Å². The molecule has 0 bridgehead atoms. The zero-order valence-corrected chi connectivity index (χ0v) is 9.69. The minimum atomic E-state index is -1.06. The van der Waals surface area contributed by atoms with Crippen LogP contribution in [-0.4, -0.2) is 30.7 Å². The summed E-state index contributed by atoms with van der Waals surface area (Å²) in [6.07, 6.45) is 1.64. The highest BCUT2D eigenvalue weighted by Crippen LogP contribution is 2.12. The fourth-order valence-electron chi connectivity index (χ4n) is 1.67. The number of carboxylic acid groups (broad SMARTS) is 1. The number of anilines is 2. The Morgan fingerprint density at radius 3 is 2.84 bits per heavy atom. The average Bonchev–Trinajstić information content (AvgIpc) is 2.81. The fourth-order valence-corrected chi connectivity index (χ4v) is 1.67. The molecule has 0 saturated heterocycles. The molecule has 2 N–H and O–H groups in total. The number of fused-ring (bicyclic) bond motifs is 1. The monoisotopic (exact) mass is 255 g/mol. The van der Waals surface area contributed by atoms with Crippen molar-refractivity contribution in [3.63, 3.8) is 0 Å². The van der Waals surface area contributed by atoms with Crippen LogP contribution in [0.5, 0.6) is 0 Å². The van der Waals surface area contributed by atoms with E-state index in [9.17, 15) is 4.79 Å². The summed E-state index contributed by atoms with van der Waals surface area (Å²) in [4.78, 5) is 19.3. The third kappa shape index (κ3) is 2.08. The quantitative estimate of drug-likeness (QED) is 0.738. The summed E-state index contributed by atoms with van der Waals surface area (Å²) in [5, 5.41) is 16.1. The molecule has 0 atom stereocenters. The number of pyridine rings is 2. The van der Waals surface area contributed by atoms with Gasteiger partial charge in [-0.05, 0) is 24.3 Å². The third-order valence-electron chi connectivity index (χ3n) is 2.48. The van der Waals surface area contributed by atoms with E-state index in [0.717, 1.165) is 0 Å². The lowest BCUT2D eigenvalue weighted by Crippen LogP contribution is -2.05. The van der Waals surface area contributed by atoms with Gasteiger partial charge in [0, 0.05) is 6.20 Å². The molecule has 0 aromatic carbocycles. The summed E-state index contributed by atoms with van der Waals surface area (Å²) in [7, 11) is 0. The molecule has 3 heterocycles. The summed E-state index contributed by atoms with van der Waals surface area (Å²) in [6, 6.07) is 10.2. The second-order valence-electron chi connectivity index (χ2n) is 3.76. The number of nitrogens with one attached hydrogen (secondary N) is 1. The Bertz CT molecular complexity index is 738. The highest BCUT2D eigenvalue weighted by Gasteiger charge is 2.11. The zero-order valence-electron chi connectivity index (χ0n) is 9.69. The van der Waals surface area contributed by atoms with Crippen molar-refractivity contribution in [3.8, 4) is 0 Å². The molecule has 3 aromatic heterocycles. The Balaban J connectivity index is 2.03. The molecule has 0 aliphatic carbocycles. The number of nitrogens with zero attached hydrogens (tertiary/aromatic N) is 4. The molecule has 0 aliphatic rings. The topological polar surface area (TPSA) is 92.4 Å². The van der Waals surface area contributed by atoms with Crippen molar-refractivity contribution in [2.24, 2.45) is 0 Å². The van der Waals surface area contributed by atoms with Gasteiger partial charge in [-0.1, -0.05) is 12.1 Å². The number of carbonyl (C=O) groups is 1. The molecular weight excluding hydrogens is 246 g/mol. The van der Waals surface area contributed by atoms with E-state index in [1.165, 1.54) is 10.6 Å². The van der Waals surface area contributed by atoms with Crippen LogP contribution in [0.25, 0.3) is 5.65 Å². The zero-order chi connectivity index (χ0) is 13.2. The van der Waals surface area contributed by atoms with Gasteiger partial charge in [0.1, 0.15) is 5.82 Å². The Labute approximate surface area is 107 Å². The highest BCUT2D eigenvalue weighted by atomic mass is 16.4. The van der Waals surface area contributed by atoms with E-state index < -0.39 is 5.97 Å². The van der Waals surface area contributed by atoms with Gasteiger partial charge >= 0.3 is 5.97 Å². The molecular formula is C12H9N5O2. The Hall–Kier alpha value is -2.96. The first kappa shape index (κ1) is 11.1. The highest BCUT2D eigenvalue weighted by molar-refractivity contribution is 5.86. The van der Waals surface area contributed by atoms with E-state index in [2.05, 4.69) is 20.4 Å². The lowest BCUT2D eigenvalue weighted by atomic mass is 10.3. The lowest BCUT2D eigenvalue weighted by molar-refractivity contribution is 0.0687. The number of aromatic nitrogens is 4. The predicted octanol–water partition coefficient (Wildman–Crippen LogP) is 1.57. The van der Waals surface area contributed by atoms with Crippen LogP contribution >= 0.6 is 0 Å². The van der Waals surface area contributed by atoms with Crippen LogP contribution in [0.2, 0.25) is 0 Å². The fraction of sp³-hybridized carbons (Fsp3) is 0. The normalized spacial score (nSPS) is 10.5. The summed E-state index contributed by atoms with van der Waals surface area (Å²) in [5.74, 6) is -0.164. The first-order valence-corrected chi connectivity index (χ1v) is 5.51. The van der Waals surface area contributed by atoms with Crippen molar-refractivity contribution in [2.45, 2.75) is 0 Å². The molecule has 0 unspecified atom stereocenters. The first-order valence-electron chi connectivity index (χ1n) is 5.51. The molecule has 0 radical (unpaired) electrons. The SMILES string of the molecule is O=C(O)c1cccc2nc(Nc3ccccn3)nn12. The van der Waals surface area contributed by atoms with Crippen molar-refractivity contribution in [1.82, 2.24) is 19.6 Å². The maximum Gasteiger partial charge on any atom is 0.354 e. The Morgan fingerprint density at radius 2 is 2.11 bits per heavy atom. The van der Waals surface area contributed by atoms with E-state index in [1.54, 1.807) is 30.5 Å². The van der Waals surface area contributed by atoms with Crippen molar-refractivity contribution in [1.29, 1.82) is 0 Å². The summed E-state index contributed by atoms with van der Waals surface area (Å²) in [5.41, 5.74) is 0.511. The van der Waals surface area contributed by atoms with Crippen LogP contribution in [0.15, 0.2) is 42.6 Å². The number of aromatic carboxylic acids is 1. The van der Waals surface area contributed by atoms with Crippen LogP contribution in [0.3, 0.4) is 0 Å². The number of hydrogen-bond acceptors (Lipinski definition) is 5. The largest absolute Gasteiger partial charge is 0.477 e. The number of hydrogen-bond donors (Lipinski definition) is 2. The average molecular weight is 255 g/mol. The van der Waals surface area contributed by atoms with E-state index in [-0.39, 0.29) is 5.69 Å². The molecule has 0 spiro atoms. The van der Waals surface area contributed by atoms with E-state index in [1.807, 2.05) is 6.07 Å². The minimum absolute atomic E-state index is 0.0547. The molecule has 0 aliphatic heterocycles. The summed E-state index contributed by atoms with van der Waals surface area (Å²) >= 11 is 0. The molecule has 19 heavy (non-hydrogen) atoms. The molecule has 3 aromatic rings. The maximum atomic E-state index is 11.1. The van der Waals surface area contributed by atoms with Gasteiger partial charge in [0.15, 0.2) is 11.3 Å². The number of carboxylic acids is 1. The van der Waals surface area contributed by atoms with Crippen LogP contribution in [0.1, 0.15) is 10.5 Å². The first-order chi connectivity index (χ1) is 9.24. The van der Waals surface area contributed by atoms with Crippen molar-refractivity contribution in [2.75, 3.05) is 5.32 Å².